The van der Waals surface area contributed by atoms with Crippen LogP contribution in [0, 0.1) is 5.92 Å². The van der Waals surface area contributed by atoms with Gasteiger partial charge in [-0.05, 0) is 57.2 Å². The minimum atomic E-state index is 0.282. The van der Waals surface area contributed by atoms with Crippen LogP contribution in [0.2, 0.25) is 0 Å². The molecule has 2 aliphatic heterocycles. The van der Waals surface area contributed by atoms with Gasteiger partial charge in [0, 0.05) is 45.0 Å². The molecule has 0 spiro atoms. The monoisotopic (exact) mass is 318 g/mol. The molecule has 3 rings (SSSR count). The summed E-state index contributed by atoms with van der Waals surface area (Å²) in [5.74, 6) is 0.953. The van der Waals surface area contributed by atoms with Crippen LogP contribution in [0.1, 0.15) is 44.9 Å². The molecule has 0 saturated carbocycles. The van der Waals surface area contributed by atoms with Crippen LogP contribution >= 0.6 is 0 Å². The summed E-state index contributed by atoms with van der Waals surface area (Å²) in [6.07, 6.45) is 11.8. The Balaban J connectivity index is 1.43. The van der Waals surface area contributed by atoms with Gasteiger partial charge in [0.1, 0.15) is 0 Å². The summed E-state index contributed by atoms with van der Waals surface area (Å²) in [5, 5.41) is 4.18. The Morgan fingerprint density at radius 1 is 1.26 bits per heavy atom. The highest BCUT2D eigenvalue weighted by molar-refractivity contribution is 5.75. The summed E-state index contributed by atoms with van der Waals surface area (Å²) in [5.41, 5.74) is 0. The Morgan fingerprint density at radius 3 is 2.96 bits per heavy atom. The van der Waals surface area contributed by atoms with Crippen LogP contribution in [0.25, 0.3) is 0 Å². The van der Waals surface area contributed by atoms with Crippen LogP contribution in [0.5, 0.6) is 0 Å². The molecular formula is C18H30N4O. The third-order valence-electron chi connectivity index (χ3n) is 5.50. The van der Waals surface area contributed by atoms with E-state index in [1.807, 2.05) is 28.9 Å². The number of amides is 1. The predicted octanol–water partition coefficient (Wildman–Crippen LogP) is 2.39. The molecule has 0 aliphatic carbocycles. The zero-order valence-corrected chi connectivity index (χ0v) is 14.4. The minimum Gasteiger partial charge on any atom is -0.345 e. The van der Waals surface area contributed by atoms with Gasteiger partial charge in [-0.1, -0.05) is 6.42 Å². The Bertz CT molecular complexity index is 485. The van der Waals surface area contributed by atoms with Gasteiger partial charge in [-0.3, -0.25) is 9.48 Å². The van der Waals surface area contributed by atoms with Crippen molar-refractivity contribution in [3.8, 4) is 0 Å². The van der Waals surface area contributed by atoms with Gasteiger partial charge in [0.2, 0.25) is 5.91 Å². The van der Waals surface area contributed by atoms with E-state index in [0.29, 0.717) is 12.3 Å². The van der Waals surface area contributed by atoms with E-state index in [0.717, 1.165) is 25.6 Å². The molecule has 23 heavy (non-hydrogen) atoms. The molecule has 2 saturated heterocycles. The first kappa shape index (κ1) is 16.5. The Hall–Kier alpha value is -1.36. The first-order valence-electron chi connectivity index (χ1n) is 9.19. The van der Waals surface area contributed by atoms with E-state index in [9.17, 15) is 4.79 Å². The van der Waals surface area contributed by atoms with Crippen LogP contribution in [0.15, 0.2) is 18.5 Å². The number of hydrogen-bond donors (Lipinski definition) is 0. The molecule has 0 radical (unpaired) electrons. The van der Waals surface area contributed by atoms with Gasteiger partial charge in [-0.15, -0.1) is 0 Å². The maximum atomic E-state index is 12.4. The summed E-state index contributed by atoms with van der Waals surface area (Å²) in [6, 6.07) is 2.64. The number of carbonyl (C=O) groups excluding carboxylic acids is 1. The molecule has 5 heteroatoms. The van der Waals surface area contributed by atoms with E-state index in [4.69, 9.17) is 0 Å². The van der Waals surface area contributed by atoms with Crippen molar-refractivity contribution in [1.29, 1.82) is 0 Å². The molecule has 1 amide bonds. The molecule has 0 N–H and O–H groups in total. The number of fused-ring (bicyclic) bond motifs is 1. The average Bonchev–Trinajstić information content (AvgIpc) is 3.08. The molecule has 5 nitrogen and oxygen atoms in total. The number of piperidine rings is 2. The molecule has 128 valence electrons. The fourth-order valence-corrected chi connectivity index (χ4v) is 4.26. The topological polar surface area (TPSA) is 41.4 Å². The number of aryl methyl sites for hydroxylation is 1. The van der Waals surface area contributed by atoms with Crippen molar-refractivity contribution in [1.82, 2.24) is 19.6 Å². The van der Waals surface area contributed by atoms with Crippen LogP contribution in [-0.2, 0) is 11.3 Å². The predicted molar refractivity (Wildman–Crippen MR) is 91.0 cm³/mol. The summed E-state index contributed by atoms with van der Waals surface area (Å²) in [6.45, 7) is 4.29. The highest BCUT2D eigenvalue weighted by Crippen LogP contribution is 2.31. The van der Waals surface area contributed by atoms with Crippen LogP contribution in [0.4, 0.5) is 0 Å². The van der Waals surface area contributed by atoms with Gasteiger partial charge < -0.3 is 9.80 Å². The van der Waals surface area contributed by atoms with Gasteiger partial charge in [0.05, 0.1) is 0 Å². The normalized spacial score (nSPS) is 25.1. The quantitative estimate of drug-likeness (QED) is 0.809. The SMILES string of the molecule is CN(C[C@H]1CCCN2CCCC[C@@H]12)C(=O)CCCn1cccn1. The minimum absolute atomic E-state index is 0.282. The standard InChI is InChI=1S/C18H30N4O/c1-20(18(23)9-5-13-22-14-6-10-19-22)15-16-7-4-12-21-11-3-2-8-17(16)21/h6,10,14,16-17H,2-5,7-9,11-13,15H2,1H3/t16-,17+/m1/s1. The molecule has 0 aromatic carbocycles. The highest BCUT2D eigenvalue weighted by Gasteiger charge is 2.33. The number of nitrogens with zero attached hydrogens (tertiary/aromatic N) is 4. The van der Waals surface area contributed by atoms with E-state index in [-0.39, 0.29) is 5.91 Å². The molecule has 1 aromatic rings. The second-order valence-corrected chi connectivity index (χ2v) is 7.15. The zero-order valence-electron chi connectivity index (χ0n) is 14.4. The molecule has 3 heterocycles. The van der Waals surface area contributed by atoms with Crippen molar-refractivity contribution in [3.05, 3.63) is 18.5 Å². The number of hydrogen-bond acceptors (Lipinski definition) is 3. The lowest BCUT2D eigenvalue weighted by Crippen LogP contribution is -2.51. The van der Waals surface area contributed by atoms with E-state index < -0.39 is 0 Å². The highest BCUT2D eigenvalue weighted by atomic mass is 16.2. The van der Waals surface area contributed by atoms with Crippen LogP contribution < -0.4 is 0 Å². The molecule has 2 atom stereocenters. The zero-order chi connectivity index (χ0) is 16.1. The largest absolute Gasteiger partial charge is 0.345 e. The molecule has 0 unspecified atom stereocenters. The molecule has 2 fully saturated rings. The lowest BCUT2D eigenvalue weighted by molar-refractivity contribution is -0.131. The van der Waals surface area contributed by atoms with Crippen molar-refractivity contribution in [2.24, 2.45) is 5.92 Å². The number of rotatable bonds is 6. The van der Waals surface area contributed by atoms with Crippen molar-refractivity contribution in [2.75, 3.05) is 26.7 Å². The lowest BCUT2D eigenvalue weighted by atomic mass is 9.83. The number of carbonyl (C=O) groups is 1. The Kier molecular flexibility index (Phi) is 5.70. The fraction of sp³-hybridized carbons (Fsp3) is 0.778. The molecule has 1 aromatic heterocycles. The van der Waals surface area contributed by atoms with Gasteiger partial charge in [0.15, 0.2) is 0 Å². The smallest absolute Gasteiger partial charge is 0.222 e. The van der Waals surface area contributed by atoms with Gasteiger partial charge in [-0.2, -0.15) is 5.10 Å². The van der Waals surface area contributed by atoms with Gasteiger partial charge in [-0.25, -0.2) is 0 Å². The van der Waals surface area contributed by atoms with Crippen molar-refractivity contribution in [2.45, 2.75) is 57.5 Å². The van der Waals surface area contributed by atoms with Gasteiger partial charge >= 0.3 is 0 Å². The summed E-state index contributed by atoms with van der Waals surface area (Å²) < 4.78 is 1.90. The van der Waals surface area contributed by atoms with E-state index >= 15 is 0 Å². The second-order valence-electron chi connectivity index (χ2n) is 7.15. The first-order valence-corrected chi connectivity index (χ1v) is 9.19. The van der Waals surface area contributed by atoms with Crippen LogP contribution in [0.3, 0.4) is 0 Å². The molecular weight excluding hydrogens is 288 g/mol. The summed E-state index contributed by atoms with van der Waals surface area (Å²) in [4.78, 5) is 17.0. The summed E-state index contributed by atoms with van der Waals surface area (Å²) >= 11 is 0. The summed E-state index contributed by atoms with van der Waals surface area (Å²) in [7, 11) is 1.98. The third-order valence-corrected chi connectivity index (χ3v) is 5.50. The molecule has 0 bridgehead atoms. The first-order chi connectivity index (χ1) is 11.2. The maximum Gasteiger partial charge on any atom is 0.222 e. The maximum absolute atomic E-state index is 12.4. The number of aromatic nitrogens is 2. The third kappa shape index (κ3) is 4.34. The fourth-order valence-electron chi connectivity index (χ4n) is 4.26. The lowest BCUT2D eigenvalue weighted by Gasteiger charge is -2.45. The Labute approximate surface area is 139 Å². The van der Waals surface area contributed by atoms with E-state index in [2.05, 4.69) is 10.00 Å². The van der Waals surface area contributed by atoms with Crippen molar-refractivity contribution < 1.29 is 4.79 Å². The van der Waals surface area contributed by atoms with E-state index in [1.54, 1.807) is 6.20 Å². The van der Waals surface area contributed by atoms with Gasteiger partial charge in [0.25, 0.3) is 0 Å². The average molecular weight is 318 g/mol. The molecule has 2 aliphatic rings. The van der Waals surface area contributed by atoms with E-state index in [1.165, 1.54) is 45.2 Å². The van der Waals surface area contributed by atoms with Crippen molar-refractivity contribution in [3.63, 3.8) is 0 Å². The second kappa shape index (κ2) is 7.95. The van der Waals surface area contributed by atoms with Crippen molar-refractivity contribution >= 4 is 5.91 Å². The Morgan fingerprint density at radius 2 is 2.13 bits per heavy atom. The van der Waals surface area contributed by atoms with Crippen LogP contribution in [-0.4, -0.2) is 58.2 Å².